The van der Waals surface area contributed by atoms with E-state index in [4.69, 9.17) is 29.8 Å². The summed E-state index contributed by atoms with van der Waals surface area (Å²) in [6.45, 7) is 6.40. The molecule has 0 rings (SSSR count). The molecule has 26 heavy (non-hydrogen) atoms. The molecule has 0 fully saturated rings. The quantitative estimate of drug-likeness (QED) is 0.240. The van der Waals surface area contributed by atoms with E-state index in [1.54, 1.807) is 27.7 Å². The number of hydrogen-bond acceptors (Lipinski definition) is 6. The number of aliphatic hydroxyl groups excluding tert-OH is 2. The fourth-order valence-corrected chi connectivity index (χ4v) is 4.10. The zero-order valence-electron chi connectivity index (χ0n) is 15.9. The summed E-state index contributed by atoms with van der Waals surface area (Å²) in [5.41, 5.74) is 8.03. The van der Waals surface area contributed by atoms with Gasteiger partial charge in [0, 0.05) is 0 Å². The number of nitrogens with two attached hydrogens (primary N) is 2. The second-order valence-electron chi connectivity index (χ2n) is 7.79. The van der Waals surface area contributed by atoms with Gasteiger partial charge in [-0.3, -0.25) is 9.05 Å². The fraction of sp³-hybridized carbons (Fsp3) is 1.00. The van der Waals surface area contributed by atoms with Crippen molar-refractivity contribution in [2.24, 2.45) is 11.0 Å². The van der Waals surface area contributed by atoms with Crippen LogP contribution in [0, 0.1) is 0 Å². The van der Waals surface area contributed by atoms with Crippen molar-refractivity contribution in [3.05, 3.63) is 0 Å². The fourth-order valence-electron chi connectivity index (χ4n) is 2.50. The van der Waals surface area contributed by atoms with E-state index in [0.717, 1.165) is 0 Å². The van der Waals surface area contributed by atoms with E-state index in [1.165, 1.54) is 0 Å². The molecule has 0 aromatic heterocycles. The first-order valence-electron chi connectivity index (χ1n) is 8.41. The molecule has 0 amide bonds. The van der Waals surface area contributed by atoms with Crippen molar-refractivity contribution in [2.45, 2.75) is 89.6 Å². The minimum Gasteiger partial charge on any atom is -0.393 e. The van der Waals surface area contributed by atoms with Crippen LogP contribution in [0.15, 0.2) is 0 Å². The maximum Gasteiger partial charge on any atom is 0.400 e. The van der Waals surface area contributed by atoms with Gasteiger partial charge in [-0.25, -0.2) is 20.1 Å². The highest BCUT2D eigenvalue weighted by molar-refractivity contribution is 7.50. The third kappa shape index (κ3) is 15.2. The maximum absolute atomic E-state index is 11.1. The third-order valence-corrected chi connectivity index (χ3v) is 5.26. The molecular formula is C14H34N2O8P2. The molecule has 0 saturated carbocycles. The van der Waals surface area contributed by atoms with E-state index in [2.05, 4.69) is 0 Å². The van der Waals surface area contributed by atoms with Crippen molar-refractivity contribution >= 4 is 15.5 Å². The maximum atomic E-state index is 11.1. The van der Waals surface area contributed by atoms with Gasteiger partial charge < -0.3 is 20.0 Å². The second kappa shape index (κ2) is 10.1. The first-order valence-corrected chi connectivity index (χ1v) is 11.7. The first kappa shape index (κ1) is 26.1. The van der Waals surface area contributed by atoms with Crippen LogP contribution in [0.5, 0.6) is 0 Å². The van der Waals surface area contributed by atoms with Crippen LogP contribution in [0.3, 0.4) is 0 Å². The minimum atomic E-state index is -4.10. The van der Waals surface area contributed by atoms with Crippen LogP contribution in [0.2, 0.25) is 0 Å². The smallest absolute Gasteiger partial charge is 0.393 e. The standard InChI is InChI=1S/C14H34N2O8P2/c1-13(2,23-25(15,19)20)9-7-11(17)5-6-12(18)8-10-14(3,4)24-26(16,21)22/h11-12,17-18H,5-10H2,1-4H3,(H3,15,19,20)(H3,16,21,22). The van der Waals surface area contributed by atoms with Gasteiger partial charge in [0.1, 0.15) is 0 Å². The second-order valence-corrected chi connectivity index (χ2v) is 10.4. The topological polar surface area (TPSA) is 186 Å². The predicted octanol–water partition coefficient (Wildman–Crippen LogP) is 1.76. The van der Waals surface area contributed by atoms with E-state index in [-0.39, 0.29) is 0 Å². The average molecular weight is 420 g/mol. The van der Waals surface area contributed by atoms with Crippen LogP contribution in [-0.4, -0.2) is 43.4 Å². The van der Waals surface area contributed by atoms with Gasteiger partial charge in [0.2, 0.25) is 0 Å². The Hall–Kier alpha value is 0.140. The number of hydrogen-bond donors (Lipinski definition) is 6. The molecule has 0 radical (unpaired) electrons. The Bertz CT molecular complexity index is 471. The van der Waals surface area contributed by atoms with Crippen LogP contribution in [0.4, 0.5) is 0 Å². The van der Waals surface area contributed by atoms with Gasteiger partial charge in [-0.1, -0.05) is 0 Å². The van der Waals surface area contributed by atoms with E-state index in [0.29, 0.717) is 38.5 Å². The Morgan fingerprint density at radius 1 is 0.769 bits per heavy atom. The zero-order valence-corrected chi connectivity index (χ0v) is 17.7. The predicted molar refractivity (Wildman–Crippen MR) is 98.1 cm³/mol. The van der Waals surface area contributed by atoms with E-state index < -0.39 is 38.9 Å². The minimum absolute atomic E-state index is 0.315. The molecule has 4 unspecified atom stereocenters. The summed E-state index contributed by atoms with van der Waals surface area (Å²) in [4.78, 5) is 18.1. The highest BCUT2D eigenvalue weighted by Crippen LogP contribution is 2.40. The molecule has 158 valence electrons. The van der Waals surface area contributed by atoms with Crippen LogP contribution in [-0.2, 0) is 18.2 Å². The normalized spacial score (nSPS) is 20.2. The van der Waals surface area contributed by atoms with Crippen molar-refractivity contribution in [3.8, 4) is 0 Å². The largest absolute Gasteiger partial charge is 0.400 e. The molecule has 0 saturated heterocycles. The lowest BCUT2D eigenvalue weighted by atomic mass is 9.95. The van der Waals surface area contributed by atoms with Gasteiger partial charge >= 0.3 is 15.5 Å². The first-order chi connectivity index (χ1) is 11.4. The van der Waals surface area contributed by atoms with Crippen LogP contribution >= 0.6 is 15.5 Å². The summed E-state index contributed by atoms with van der Waals surface area (Å²) in [6.07, 6.45) is 0.485. The molecule has 0 aromatic rings. The summed E-state index contributed by atoms with van der Waals surface area (Å²) in [7, 11) is -8.20. The van der Waals surface area contributed by atoms with Gasteiger partial charge in [-0.05, 0) is 66.2 Å². The molecule has 0 spiro atoms. The van der Waals surface area contributed by atoms with Crippen molar-refractivity contribution in [1.29, 1.82) is 0 Å². The molecule has 0 aliphatic carbocycles. The van der Waals surface area contributed by atoms with E-state index in [1.807, 2.05) is 0 Å². The molecule has 10 nitrogen and oxygen atoms in total. The Morgan fingerprint density at radius 2 is 1.04 bits per heavy atom. The third-order valence-electron chi connectivity index (χ3n) is 3.75. The van der Waals surface area contributed by atoms with Gasteiger partial charge in [-0.2, -0.15) is 0 Å². The number of aliphatic hydroxyl groups is 2. The van der Waals surface area contributed by atoms with Crippen LogP contribution in [0.25, 0.3) is 0 Å². The summed E-state index contributed by atoms with van der Waals surface area (Å²) in [6, 6.07) is 0. The molecule has 0 heterocycles. The number of rotatable bonds is 13. The van der Waals surface area contributed by atoms with Crippen LogP contribution in [0.1, 0.15) is 66.2 Å². The zero-order chi connectivity index (χ0) is 20.8. The molecule has 0 aliphatic rings. The molecule has 0 bridgehead atoms. The van der Waals surface area contributed by atoms with Gasteiger partial charge in [0.15, 0.2) is 0 Å². The molecule has 4 atom stereocenters. The lowest BCUT2D eigenvalue weighted by molar-refractivity contribution is 0.0425. The summed E-state index contributed by atoms with van der Waals surface area (Å²) >= 11 is 0. The van der Waals surface area contributed by atoms with E-state index in [9.17, 15) is 19.3 Å². The van der Waals surface area contributed by atoms with E-state index >= 15 is 0 Å². The Morgan fingerprint density at radius 3 is 1.27 bits per heavy atom. The lowest BCUT2D eigenvalue weighted by Crippen LogP contribution is -2.27. The Kier molecular flexibility index (Phi) is 10.1. The Labute approximate surface area is 155 Å². The highest BCUT2D eigenvalue weighted by Gasteiger charge is 2.29. The van der Waals surface area contributed by atoms with Gasteiger partial charge in [-0.15, -0.1) is 0 Å². The monoisotopic (exact) mass is 420 g/mol. The SMILES string of the molecule is CC(C)(CCC(O)CCC(O)CCC(C)(C)OP(N)(=O)O)OP(N)(=O)O. The highest BCUT2D eigenvalue weighted by atomic mass is 31.2. The van der Waals surface area contributed by atoms with Gasteiger partial charge in [0.25, 0.3) is 0 Å². The summed E-state index contributed by atoms with van der Waals surface area (Å²) < 4.78 is 31.9. The van der Waals surface area contributed by atoms with Crippen molar-refractivity contribution in [1.82, 2.24) is 0 Å². The van der Waals surface area contributed by atoms with Crippen molar-refractivity contribution in [2.75, 3.05) is 0 Å². The molecular weight excluding hydrogens is 386 g/mol. The molecule has 0 aromatic carbocycles. The van der Waals surface area contributed by atoms with Crippen molar-refractivity contribution < 1.29 is 38.2 Å². The average Bonchev–Trinajstić information content (AvgIpc) is 2.35. The summed E-state index contributed by atoms with van der Waals surface area (Å²) in [5.74, 6) is 0. The Balaban J connectivity index is 4.17. The van der Waals surface area contributed by atoms with Crippen LogP contribution < -0.4 is 11.0 Å². The van der Waals surface area contributed by atoms with Gasteiger partial charge in [0.05, 0.1) is 23.4 Å². The summed E-state index contributed by atoms with van der Waals surface area (Å²) in [5, 5.41) is 20.0. The molecule has 8 N–H and O–H groups in total. The van der Waals surface area contributed by atoms with Crippen molar-refractivity contribution in [3.63, 3.8) is 0 Å². The molecule has 12 heteroatoms. The molecule has 0 aliphatic heterocycles. The lowest BCUT2D eigenvalue weighted by Gasteiger charge is -2.28.